The van der Waals surface area contributed by atoms with E-state index in [1.165, 1.54) is 0 Å². The van der Waals surface area contributed by atoms with Gasteiger partial charge in [0, 0.05) is 37.8 Å². The summed E-state index contributed by atoms with van der Waals surface area (Å²) >= 11 is 0. The van der Waals surface area contributed by atoms with Crippen LogP contribution in [0.5, 0.6) is 5.75 Å². The number of piperazine rings is 1. The Balaban J connectivity index is 1.48. The Morgan fingerprint density at radius 1 is 1.07 bits per heavy atom. The predicted molar refractivity (Wildman–Crippen MR) is 106 cm³/mol. The SMILES string of the molecule is CCCCOc1ccc(C(=O)N2CCN(C3CCS(=O)(=O)CC3)CC2)cc1. The number of amides is 1. The summed E-state index contributed by atoms with van der Waals surface area (Å²) in [4.78, 5) is 17.0. The Hall–Kier alpha value is -1.60. The van der Waals surface area contributed by atoms with Gasteiger partial charge in [-0.2, -0.15) is 0 Å². The van der Waals surface area contributed by atoms with E-state index >= 15 is 0 Å². The fourth-order valence-electron chi connectivity index (χ4n) is 3.74. The third-order valence-electron chi connectivity index (χ3n) is 5.51. The lowest BCUT2D eigenvalue weighted by Crippen LogP contribution is -2.53. The number of carbonyl (C=O) groups excluding carboxylic acids is 1. The highest BCUT2D eigenvalue weighted by molar-refractivity contribution is 7.91. The van der Waals surface area contributed by atoms with Gasteiger partial charge < -0.3 is 9.64 Å². The number of carbonyl (C=O) groups is 1. The molecular weight excluding hydrogens is 364 g/mol. The summed E-state index contributed by atoms with van der Waals surface area (Å²) < 4.78 is 28.8. The van der Waals surface area contributed by atoms with Gasteiger partial charge in [0.25, 0.3) is 5.91 Å². The van der Waals surface area contributed by atoms with Crippen LogP contribution in [-0.2, 0) is 9.84 Å². The predicted octanol–water partition coefficient (Wildman–Crippen LogP) is 2.20. The number of nitrogens with zero attached hydrogens (tertiary/aromatic N) is 2. The highest BCUT2D eigenvalue weighted by Crippen LogP contribution is 2.21. The summed E-state index contributed by atoms with van der Waals surface area (Å²) in [6.07, 6.45) is 3.56. The number of unbranched alkanes of at least 4 members (excludes halogenated alkanes) is 1. The van der Waals surface area contributed by atoms with Crippen molar-refractivity contribution in [2.24, 2.45) is 0 Å². The van der Waals surface area contributed by atoms with Crippen LogP contribution in [-0.4, -0.2) is 74.5 Å². The molecule has 0 N–H and O–H groups in total. The second-order valence-electron chi connectivity index (χ2n) is 7.44. The molecule has 0 spiro atoms. The molecule has 150 valence electrons. The van der Waals surface area contributed by atoms with E-state index in [0.29, 0.717) is 42.8 Å². The van der Waals surface area contributed by atoms with Crippen LogP contribution in [0.15, 0.2) is 24.3 Å². The average Bonchev–Trinajstić information content (AvgIpc) is 2.68. The summed E-state index contributed by atoms with van der Waals surface area (Å²) in [5, 5.41) is 0. The van der Waals surface area contributed by atoms with Crippen molar-refractivity contribution in [3.05, 3.63) is 29.8 Å². The van der Waals surface area contributed by atoms with Gasteiger partial charge in [-0.05, 0) is 43.5 Å². The lowest BCUT2D eigenvalue weighted by molar-refractivity contribution is 0.0558. The molecule has 0 aromatic heterocycles. The van der Waals surface area contributed by atoms with Crippen molar-refractivity contribution in [2.75, 3.05) is 44.3 Å². The van der Waals surface area contributed by atoms with Gasteiger partial charge in [0.2, 0.25) is 0 Å². The van der Waals surface area contributed by atoms with Crippen LogP contribution in [0.25, 0.3) is 0 Å². The second-order valence-corrected chi connectivity index (χ2v) is 9.74. The van der Waals surface area contributed by atoms with E-state index < -0.39 is 9.84 Å². The van der Waals surface area contributed by atoms with E-state index in [2.05, 4.69) is 11.8 Å². The minimum Gasteiger partial charge on any atom is -0.494 e. The van der Waals surface area contributed by atoms with Gasteiger partial charge in [0.05, 0.1) is 18.1 Å². The van der Waals surface area contributed by atoms with Crippen LogP contribution in [0.1, 0.15) is 43.0 Å². The van der Waals surface area contributed by atoms with Crippen LogP contribution < -0.4 is 4.74 Å². The summed E-state index contributed by atoms with van der Waals surface area (Å²) in [7, 11) is -2.83. The molecule has 0 radical (unpaired) electrons. The number of ether oxygens (including phenoxy) is 1. The summed E-state index contributed by atoms with van der Waals surface area (Å²) in [5.41, 5.74) is 0.690. The maximum absolute atomic E-state index is 12.7. The van der Waals surface area contributed by atoms with Crippen molar-refractivity contribution < 1.29 is 17.9 Å². The minimum absolute atomic E-state index is 0.0565. The zero-order chi connectivity index (χ0) is 19.3. The normalized spacial score (nSPS) is 21.1. The average molecular weight is 395 g/mol. The molecule has 0 unspecified atom stereocenters. The molecule has 3 rings (SSSR count). The van der Waals surface area contributed by atoms with Gasteiger partial charge in [0.1, 0.15) is 15.6 Å². The van der Waals surface area contributed by atoms with Crippen LogP contribution >= 0.6 is 0 Å². The number of hydrogen-bond acceptors (Lipinski definition) is 5. The third kappa shape index (κ3) is 5.45. The molecule has 2 saturated heterocycles. The van der Waals surface area contributed by atoms with Gasteiger partial charge in [-0.25, -0.2) is 8.42 Å². The summed E-state index contributed by atoms with van der Waals surface area (Å²) in [5.74, 6) is 1.45. The Morgan fingerprint density at radius 2 is 1.70 bits per heavy atom. The summed E-state index contributed by atoms with van der Waals surface area (Å²) in [6.45, 7) is 5.84. The van der Waals surface area contributed by atoms with Crippen LogP contribution in [0.2, 0.25) is 0 Å². The molecule has 2 aliphatic rings. The molecule has 1 aromatic rings. The minimum atomic E-state index is -2.83. The van der Waals surface area contributed by atoms with Gasteiger partial charge >= 0.3 is 0 Å². The Bertz CT molecular complexity index is 711. The molecule has 6 nitrogen and oxygen atoms in total. The molecular formula is C20H30N2O4S. The first-order valence-corrected chi connectivity index (χ1v) is 11.8. The largest absolute Gasteiger partial charge is 0.494 e. The van der Waals surface area contributed by atoms with Crippen molar-refractivity contribution in [3.63, 3.8) is 0 Å². The van der Waals surface area contributed by atoms with E-state index in [9.17, 15) is 13.2 Å². The number of rotatable bonds is 6. The lowest BCUT2D eigenvalue weighted by Gasteiger charge is -2.40. The third-order valence-corrected chi connectivity index (χ3v) is 7.23. The molecule has 1 aromatic carbocycles. The zero-order valence-electron chi connectivity index (χ0n) is 16.1. The van der Waals surface area contributed by atoms with E-state index in [0.717, 1.165) is 44.5 Å². The fraction of sp³-hybridized carbons (Fsp3) is 0.650. The van der Waals surface area contributed by atoms with Gasteiger partial charge in [-0.15, -0.1) is 0 Å². The molecule has 0 aliphatic carbocycles. The highest BCUT2D eigenvalue weighted by atomic mass is 32.2. The molecule has 2 heterocycles. The first-order chi connectivity index (χ1) is 13.0. The van der Waals surface area contributed by atoms with Crippen LogP contribution in [0.4, 0.5) is 0 Å². The van der Waals surface area contributed by atoms with Crippen molar-refractivity contribution in [3.8, 4) is 5.75 Å². The van der Waals surface area contributed by atoms with E-state index in [1.807, 2.05) is 29.2 Å². The van der Waals surface area contributed by atoms with E-state index in [1.54, 1.807) is 0 Å². The monoisotopic (exact) mass is 394 g/mol. The topological polar surface area (TPSA) is 66.9 Å². The quantitative estimate of drug-likeness (QED) is 0.692. The highest BCUT2D eigenvalue weighted by Gasteiger charge is 2.31. The standard InChI is InChI=1S/C20H30N2O4S/c1-2-3-14-26-19-6-4-17(5-7-19)20(23)22-12-10-21(11-13-22)18-8-15-27(24,25)16-9-18/h4-7,18H,2-3,8-16H2,1H3. The maximum Gasteiger partial charge on any atom is 0.253 e. The number of hydrogen-bond donors (Lipinski definition) is 0. The lowest BCUT2D eigenvalue weighted by atomic mass is 10.1. The van der Waals surface area contributed by atoms with E-state index in [4.69, 9.17) is 4.74 Å². The molecule has 0 saturated carbocycles. The molecule has 0 atom stereocenters. The Labute approximate surface area is 162 Å². The smallest absolute Gasteiger partial charge is 0.253 e. The molecule has 1 amide bonds. The molecule has 2 aliphatic heterocycles. The first-order valence-electron chi connectivity index (χ1n) is 9.95. The van der Waals surface area contributed by atoms with Crippen molar-refractivity contribution in [2.45, 2.75) is 38.6 Å². The molecule has 0 bridgehead atoms. The van der Waals surface area contributed by atoms with Crippen molar-refractivity contribution in [1.82, 2.24) is 9.80 Å². The number of benzene rings is 1. The maximum atomic E-state index is 12.7. The number of sulfone groups is 1. The zero-order valence-corrected chi connectivity index (χ0v) is 16.9. The van der Waals surface area contributed by atoms with Gasteiger partial charge in [-0.1, -0.05) is 13.3 Å². The molecule has 27 heavy (non-hydrogen) atoms. The molecule has 2 fully saturated rings. The fourth-order valence-corrected chi connectivity index (χ4v) is 5.21. The van der Waals surface area contributed by atoms with Crippen LogP contribution in [0.3, 0.4) is 0 Å². The van der Waals surface area contributed by atoms with E-state index in [-0.39, 0.29) is 5.91 Å². The van der Waals surface area contributed by atoms with Crippen molar-refractivity contribution in [1.29, 1.82) is 0 Å². The second kappa shape index (κ2) is 9.06. The molecule has 7 heteroatoms. The van der Waals surface area contributed by atoms with Crippen molar-refractivity contribution >= 4 is 15.7 Å². The Kier molecular flexibility index (Phi) is 6.76. The van der Waals surface area contributed by atoms with Crippen LogP contribution in [0, 0.1) is 0 Å². The van der Waals surface area contributed by atoms with Gasteiger partial charge in [-0.3, -0.25) is 9.69 Å². The summed E-state index contributed by atoms with van der Waals surface area (Å²) in [6, 6.07) is 7.73. The Morgan fingerprint density at radius 3 is 2.30 bits per heavy atom. The van der Waals surface area contributed by atoms with Gasteiger partial charge in [0.15, 0.2) is 0 Å². The first kappa shape index (κ1) is 20.1.